The molecular formula is C21H23ClN4O2. The third kappa shape index (κ3) is 3.32. The molecule has 2 aromatic rings. The molecule has 28 heavy (non-hydrogen) atoms. The maximum atomic E-state index is 12.6. The van der Waals surface area contributed by atoms with Crippen LogP contribution >= 0.6 is 11.6 Å². The first-order valence-corrected chi connectivity index (χ1v) is 9.39. The van der Waals surface area contributed by atoms with E-state index in [2.05, 4.69) is 10.3 Å². The summed E-state index contributed by atoms with van der Waals surface area (Å²) in [4.78, 5) is 16.6. The number of nitriles is 1. The van der Waals surface area contributed by atoms with Crippen molar-refractivity contribution in [3.05, 3.63) is 58.9 Å². The Kier molecular flexibility index (Phi) is 5.33. The van der Waals surface area contributed by atoms with E-state index in [-0.39, 0.29) is 23.5 Å². The van der Waals surface area contributed by atoms with Gasteiger partial charge in [-0.15, -0.1) is 0 Å². The first kappa shape index (κ1) is 20.1. The van der Waals surface area contributed by atoms with Crippen LogP contribution in [-0.4, -0.2) is 29.6 Å². The van der Waals surface area contributed by atoms with Crippen molar-refractivity contribution in [3.63, 3.8) is 0 Å². The Bertz CT molecular complexity index is 926. The van der Waals surface area contributed by atoms with E-state index in [1.54, 1.807) is 36.5 Å². The molecule has 0 bridgehead atoms. The highest BCUT2D eigenvalue weighted by molar-refractivity contribution is 6.31. The van der Waals surface area contributed by atoms with Crippen LogP contribution in [0.1, 0.15) is 36.7 Å². The Morgan fingerprint density at radius 3 is 2.71 bits per heavy atom. The number of pyridine rings is 1. The Labute approximate surface area is 169 Å². The van der Waals surface area contributed by atoms with Crippen molar-refractivity contribution >= 4 is 17.5 Å². The molecule has 0 aliphatic heterocycles. The molecule has 0 radical (unpaired) electrons. The summed E-state index contributed by atoms with van der Waals surface area (Å²) in [6.07, 6.45) is 2.92. The average molecular weight is 399 g/mol. The summed E-state index contributed by atoms with van der Waals surface area (Å²) in [6, 6.07) is 10.3. The van der Waals surface area contributed by atoms with Gasteiger partial charge in [0.2, 0.25) is 0 Å². The zero-order chi connectivity index (χ0) is 20.5. The average Bonchev–Trinajstić information content (AvgIpc) is 2.70. The Hall–Kier alpha value is -2.62. The number of nitrogens with zero attached hydrogens (tertiary/aromatic N) is 2. The number of nitrogens with two attached hydrogens (primary N) is 1. The fourth-order valence-corrected chi connectivity index (χ4v) is 4.49. The molecule has 1 amide bonds. The summed E-state index contributed by atoms with van der Waals surface area (Å²) < 4.78 is 6.23. The lowest BCUT2D eigenvalue weighted by Crippen LogP contribution is -2.77. The second-order valence-electron chi connectivity index (χ2n) is 7.93. The van der Waals surface area contributed by atoms with Crippen molar-refractivity contribution in [3.8, 4) is 11.8 Å². The molecule has 1 heterocycles. The van der Waals surface area contributed by atoms with Gasteiger partial charge in [-0.25, -0.2) is 0 Å². The van der Waals surface area contributed by atoms with E-state index in [1.807, 2.05) is 26.8 Å². The molecule has 0 saturated heterocycles. The zero-order valence-electron chi connectivity index (χ0n) is 16.1. The molecule has 6 nitrogen and oxygen atoms in total. The molecule has 3 N–H and O–H groups in total. The van der Waals surface area contributed by atoms with Crippen molar-refractivity contribution < 1.29 is 9.53 Å². The standard InChI is InChI=1S/C21H23ClN4O2/c1-20(2)18(26-17(27)14-5-4-8-25-11-14)21(3,12-24)19(20)28-15-7-6-13(10-23)16(22)9-15/h4-9,11,18-19H,12,24H2,1-3H3,(H,26,27). The van der Waals surface area contributed by atoms with Gasteiger partial charge in [0, 0.05) is 41.9 Å². The van der Waals surface area contributed by atoms with Gasteiger partial charge in [-0.2, -0.15) is 5.26 Å². The number of carbonyl (C=O) groups is 1. The van der Waals surface area contributed by atoms with Crippen molar-refractivity contribution in [2.45, 2.75) is 32.9 Å². The summed E-state index contributed by atoms with van der Waals surface area (Å²) in [6.45, 7) is 6.41. The molecule has 1 aliphatic rings. The molecule has 1 aromatic heterocycles. The van der Waals surface area contributed by atoms with Gasteiger partial charge in [0.05, 0.1) is 16.1 Å². The van der Waals surface area contributed by atoms with Gasteiger partial charge in [-0.3, -0.25) is 9.78 Å². The van der Waals surface area contributed by atoms with Gasteiger partial charge < -0.3 is 15.8 Å². The van der Waals surface area contributed by atoms with Crippen molar-refractivity contribution in [2.24, 2.45) is 16.6 Å². The highest BCUT2D eigenvalue weighted by Crippen LogP contribution is 2.55. The summed E-state index contributed by atoms with van der Waals surface area (Å²) in [5.74, 6) is 0.379. The SMILES string of the molecule is CC1(C)C(NC(=O)c2cccnc2)C(C)(CN)C1Oc1ccc(C#N)c(Cl)c1. The fraction of sp³-hybridized carbons (Fsp3) is 0.381. The summed E-state index contributed by atoms with van der Waals surface area (Å²) in [5, 5.41) is 12.5. The van der Waals surface area contributed by atoms with Crippen molar-refractivity contribution in [1.82, 2.24) is 10.3 Å². The number of rotatable bonds is 5. The molecular weight excluding hydrogens is 376 g/mol. The topological polar surface area (TPSA) is 101 Å². The van der Waals surface area contributed by atoms with E-state index in [0.717, 1.165) is 0 Å². The molecule has 0 spiro atoms. The largest absolute Gasteiger partial charge is 0.489 e. The van der Waals surface area contributed by atoms with Crippen LogP contribution in [0.3, 0.4) is 0 Å². The van der Waals surface area contributed by atoms with E-state index in [9.17, 15) is 4.79 Å². The molecule has 7 heteroatoms. The number of hydrogen-bond acceptors (Lipinski definition) is 5. The first-order valence-electron chi connectivity index (χ1n) is 9.01. The summed E-state index contributed by atoms with van der Waals surface area (Å²) in [5.41, 5.74) is 6.16. The number of amides is 1. The number of halogens is 1. The quantitative estimate of drug-likeness (QED) is 0.805. The van der Waals surface area contributed by atoms with Gasteiger partial charge in [-0.1, -0.05) is 32.4 Å². The minimum absolute atomic E-state index is 0.184. The van der Waals surface area contributed by atoms with Crippen LogP contribution in [0.25, 0.3) is 0 Å². The molecule has 1 aliphatic carbocycles. The van der Waals surface area contributed by atoms with Crippen LogP contribution in [0, 0.1) is 22.2 Å². The third-order valence-corrected chi connectivity index (χ3v) is 5.94. The lowest BCUT2D eigenvalue weighted by atomic mass is 9.48. The second kappa shape index (κ2) is 7.42. The molecule has 146 valence electrons. The lowest BCUT2D eigenvalue weighted by Gasteiger charge is -2.64. The third-order valence-electron chi connectivity index (χ3n) is 5.63. The highest BCUT2D eigenvalue weighted by atomic mass is 35.5. The smallest absolute Gasteiger partial charge is 0.253 e. The van der Waals surface area contributed by atoms with Gasteiger partial charge in [0.25, 0.3) is 5.91 Å². The zero-order valence-corrected chi connectivity index (χ0v) is 16.8. The van der Waals surface area contributed by atoms with Crippen LogP contribution in [0.4, 0.5) is 0 Å². The highest BCUT2D eigenvalue weighted by Gasteiger charge is 2.66. The summed E-state index contributed by atoms with van der Waals surface area (Å²) >= 11 is 6.13. The number of ether oxygens (including phenoxy) is 1. The predicted octanol–water partition coefficient (Wildman–Crippen LogP) is 3.16. The fourth-order valence-electron chi connectivity index (χ4n) is 4.28. The number of carbonyl (C=O) groups excluding carboxylic acids is 1. The maximum Gasteiger partial charge on any atom is 0.253 e. The summed E-state index contributed by atoms with van der Waals surface area (Å²) in [7, 11) is 0. The number of benzene rings is 1. The minimum Gasteiger partial charge on any atom is -0.489 e. The molecule has 1 fully saturated rings. The molecule has 3 rings (SSSR count). The predicted molar refractivity (Wildman–Crippen MR) is 107 cm³/mol. The van der Waals surface area contributed by atoms with E-state index in [1.165, 1.54) is 6.20 Å². The van der Waals surface area contributed by atoms with Crippen molar-refractivity contribution in [2.75, 3.05) is 6.54 Å². The van der Waals surface area contributed by atoms with Crippen LogP contribution in [0.2, 0.25) is 5.02 Å². The minimum atomic E-state index is -0.470. The Balaban J connectivity index is 1.81. The Morgan fingerprint density at radius 2 is 2.14 bits per heavy atom. The van der Waals surface area contributed by atoms with Crippen LogP contribution in [0.15, 0.2) is 42.7 Å². The molecule has 3 atom stereocenters. The molecule has 1 aromatic carbocycles. The number of hydrogen-bond donors (Lipinski definition) is 2. The monoisotopic (exact) mass is 398 g/mol. The van der Waals surface area contributed by atoms with Crippen molar-refractivity contribution in [1.29, 1.82) is 5.26 Å². The lowest BCUT2D eigenvalue weighted by molar-refractivity contribution is -0.168. The number of nitrogens with one attached hydrogen (secondary N) is 1. The molecule has 1 saturated carbocycles. The Morgan fingerprint density at radius 1 is 1.39 bits per heavy atom. The van der Waals surface area contributed by atoms with Crippen LogP contribution in [-0.2, 0) is 0 Å². The van der Waals surface area contributed by atoms with Gasteiger partial charge in [-0.05, 0) is 24.3 Å². The van der Waals surface area contributed by atoms with Crippen LogP contribution < -0.4 is 15.8 Å². The maximum absolute atomic E-state index is 12.6. The van der Waals surface area contributed by atoms with Gasteiger partial charge in [0.1, 0.15) is 17.9 Å². The van der Waals surface area contributed by atoms with E-state index in [0.29, 0.717) is 28.4 Å². The van der Waals surface area contributed by atoms with Gasteiger partial charge in [0.15, 0.2) is 0 Å². The van der Waals surface area contributed by atoms with E-state index >= 15 is 0 Å². The second-order valence-corrected chi connectivity index (χ2v) is 8.34. The van der Waals surface area contributed by atoms with Crippen LogP contribution in [0.5, 0.6) is 5.75 Å². The van der Waals surface area contributed by atoms with Gasteiger partial charge >= 0.3 is 0 Å². The van der Waals surface area contributed by atoms with E-state index in [4.69, 9.17) is 27.3 Å². The normalized spacial score (nSPS) is 25.3. The number of aromatic nitrogens is 1. The van der Waals surface area contributed by atoms with E-state index < -0.39 is 5.41 Å². The molecule has 3 unspecified atom stereocenters. The first-order chi connectivity index (χ1) is 13.2.